The van der Waals surface area contributed by atoms with Crippen molar-refractivity contribution in [1.29, 1.82) is 0 Å². The maximum Gasteiger partial charge on any atom is 0.255 e. The van der Waals surface area contributed by atoms with Crippen LogP contribution in [0.25, 0.3) is 11.1 Å². The molecule has 1 unspecified atom stereocenters. The van der Waals surface area contributed by atoms with Crippen LogP contribution in [0.5, 0.6) is 0 Å². The van der Waals surface area contributed by atoms with Gasteiger partial charge in [0.2, 0.25) is 11.8 Å². The monoisotopic (exact) mass is 538 g/mol. The Morgan fingerprint density at radius 3 is 2.50 bits per heavy atom. The van der Waals surface area contributed by atoms with Crippen molar-refractivity contribution in [3.63, 3.8) is 0 Å². The van der Waals surface area contributed by atoms with Gasteiger partial charge in [-0.05, 0) is 86.2 Å². The summed E-state index contributed by atoms with van der Waals surface area (Å²) in [6.45, 7) is 6.90. The number of nitrogens with one attached hydrogen (secondary N) is 1. The topological polar surface area (TPSA) is 73.0 Å². The number of hydrogen-bond donors (Lipinski definition) is 1. The summed E-state index contributed by atoms with van der Waals surface area (Å²) in [4.78, 5) is 44.7. The number of hydrogen-bond acceptors (Lipinski definition) is 4. The van der Waals surface area contributed by atoms with E-state index in [-0.39, 0.29) is 23.8 Å². The molecule has 208 valence electrons. The molecule has 1 fully saturated rings. The lowest BCUT2D eigenvalue weighted by Gasteiger charge is -2.29. The molecule has 2 heterocycles. The van der Waals surface area contributed by atoms with Crippen LogP contribution in [-0.4, -0.2) is 60.2 Å². The van der Waals surface area contributed by atoms with E-state index in [0.29, 0.717) is 43.7 Å². The quantitative estimate of drug-likeness (QED) is 0.420. The van der Waals surface area contributed by atoms with Crippen molar-refractivity contribution in [1.82, 2.24) is 9.80 Å². The van der Waals surface area contributed by atoms with Crippen LogP contribution in [-0.2, 0) is 22.6 Å². The lowest BCUT2D eigenvalue weighted by Crippen LogP contribution is -2.45. The molecule has 0 radical (unpaired) electrons. The Kier molecular flexibility index (Phi) is 8.31. The molecule has 0 aliphatic carbocycles. The van der Waals surface area contributed by atoms with Crippen LogP contribution in [0.3, 0.4) is 0 Å². The number of amides is 3. The largest absolute Gasteiger partial charge is 0.342 e. The number of likely N-dealkylation sites (N-methyl/N-ethyl adjacent to an activating group) is 1. The van der Waals surface area contributed by atoms with Gasteiger partial charge >= 0.3 is 0 Å². The van der Waals surface area contributed by atoms with Crippen molar-refractivity contribution >= 4 is 29.1 Å². The Bertz CT molecular complexity index is 1400. The molecule has 40 heavy (non-hydrogen) atoms. The fourth-order valence-corrected chi connectivity index (χ4v) is 5.94. The van der Waals surface area contributed by atoms with Gasteiger partial charge in [-0.25, -0.2) is 0 Å². The zero-order valence-corrected chi connectivity index (χ0v) is 23.7. The molecule has 3 aromatic rings. The summed E-state index contributed by atoms with van der Waals surface area (Å²) in [6, 6.07) is 21.6. The Morgan fingerprint density at radius 1 is 0.975 bits per heavy atom. The highest BCUT2D eigenvalue weighted by atomic mass is 16.2. The van der Waals surface area contributed by atoms with Crippen LogP contribution in [0, 0.1) is 0 Å². The third-order valence-electron chi connectivity index (χ3n) is 8.24. The molecule has 5 rings (SSSR count). The average molecular weight is 539 g/mol. The van der Waals surface area contributed by atoms with Gasteiger partial charge in [-0.3, -0.25) is 19.3 Å². The Morgan fingerprint density at radius 2 is 1.75 bits per heavy atom. The van der Waals surface area contributed by atoms with E-state index < -0.39 is 0 Å². The summed E-state index contributed by atoms with van der Waals surface area (Å²) in [5.41, 5.74) is 6.32. The van der Waals surface area contributed by atoms with Crippen LogP contribution in [0.4, 0.5) is 11.4 Å². The molecule has 7 nitrogen and oxygen atoms in total. The van der Waals surface area contributed by atoms with Gasteiger partial charge in [-0.1, -0.05) is 42.5 Å². The van der Waals surface area contributed by atoms with Gasteiger partial charge in [-0.15, -0.1) is 0 Å². The molecule has 0 bridgehead atoms. The summed E-state index contributed by atoms with van der Waals surface area (Å²) >= 11 is 0. The summed E-state index contributed by atoms with van der Waals surface area (Å²) in [7, 11) is 1.77. The zero-order chi connectivity index (χ0) is 28.2. The van der Waals surface area contributed by atoms with Gasteiger partial charge in [0.05, 0.1) is 6.04 Å². The smallest absolute Gasteiger partial charge is 0.255 e. The molecule has 3 aromatic carbocycles. The molecule has 3 amide bonds. The number of benzene rings is 3. The number of aryl methyl sites for hydroxylation is 1. The maximum absolute atomic E-state index is 13.4. The number of likely N-dealkylation sites (tertiary alicyclic amines) is 1. The van der Waals surface area contributed by atoms with E-state index in [4.69, 9.17) is 0 Å². The minimum Gasteiger partial charge on any atom is -0.342 e. The number of carbonyl (C=O) groups is 3. The SMILES string of the molecule is CCN(CC)C(=O)C1CCCN1Cc1cc(C(=O)Nc2ccc3c(c2)N(C)C(=O)CC3)ccc1-c1ccccc1. The average Bonchev–Trinajstić information content (AvgIpc) is 3.44. The van der Waals surface area contributed by atoms with Gasteiger partial charge in [0.1, 0.15) is 0 Å². The van der Waals surface area contributed by atoms with E-state index in [1.165, 1.54) is 0 Å². The van der Waals surface area contributed by atoms with E-state index in [1.807, 2.05) is 73.3 Å². The Labute approximate surface area is 236 Å². The van der Waals surface area contributed by atoms with Crippen molar-refractivity contribution in [3.05, 3.63) is 83.4 Å². The van der Waals surface area contributed by atoms with Crippen molar-refractivity contribution < 1.29 is 14.4 Å². The van der Waals surface area contributed by atoms with E-state index in [9.17, 15) is 14.4 Å². The lowest BCUT2D eigenvalue weighted by molar-refractivity contribution is -0.135. The third kappa shape index (κ3) is 5.65. The van der Waals surface area contributed by atoms with Gasteiger partial charge in [0.25, 0.3) is 5.91 Å². The molecule has 1 N–H and O–H groups in total. The van der Waals surface area contributed by atoms with Gasteiger partial charge in [-0.2, -0.15) is 0 Å². The number of anilines is 2. The predicted molar refractivity (Wildman–Crippen MR) is 159 cm³/mol. The normalized spacial score (nSPS) is 17.0. The second-order valence-corrected chi connectivity index (χ2v) is 10.6. The minimum absolute atomic E-state index is 0.0804. The molecule has 0 spiro atoms. The molecular weight excluding hydrogens is 500 g/mol. The summed E-state index contributed by atoms with van der Waals surface area (Å²) < 4.78 is 0. The van der Waals surface area contributed by atoms with Crippen LogP contribution >= 0.6 is 0 Å². The maximum atomic E-state index is 13.4. The molecule has 0 aromatic heterocycles. The zero-order valence-electron chi connectivity index (χ0n) is 23.7. The van der Waals surface area contributed by atoms with Gasteiger partial charge in [0.15, 0.2) is 0 Å². The molecule has 2 aliphatic rings. The van der Waals surface area contributed by atoms with E-state index in [2.05, 4.69) is 22.3 Å². The van der Waals surface area contributed by atoms with Crippen LogP contribution in [0.1, 0.15) is 54.6 Å². The third-order valence-corrected chi connectivity index (χ3v) is 8.24. The standard InChI is InChI=1S/C33H38N4O3/c1-4-36(5-2)33(40)29-12-9-19-37(29)22-26-20-25(14-17-28(26)23-10-7-6-8-11-23)32(39)34-27-16-13-24-15-18-31(38)35(3)30(24)21-27/h6-8,10-11,13-14,16-17,20-21,29H,4-5,9,12,15,18-19,22H2,1-3H3,(H,34,39). The summed E-state index contributed by atoms with van der Waals surface area (Å²) in [5, 5.41) is 3.03. The Balaban J connectivity index is 1.42. The lowest BCUT2D eigenvalue weighted by atomic mass is 9.96. The predicted octanol–water partition coefficient (Wildman–Crippen LogP) is 5.35. The fraction of sp³-hybridized carbons (Fsp3) is 0.364. The number of nitrogens with zero attached hydrogens (tertiary/aromatic N) is 3. The van der Waals surface area contributed by atoms with Gasteiger partial charge < -0.3 is 15.1 Å². The molecule has 0 saturated carbocycles. The first-order valence-corrected chi connectivity index (χ1v) is 14.3. The van der Waals surface area contributed by atoms with Crippen molar-refractivity contribution in [3.8, 4) is 11.1 Å². The second kappa shape index (κ2) is 12.0. The molecule has 1 atom stereocenters. The number of fused-ring (bicyclic) bond motifs is 1. The van der Waals surface area contributed by atoms with Crippen molar-refractivity contribution in [2.24, 2.45) is 0 Å². The number of carbonyl (C=O) groups excluding carboxylic acids is 3. The van der Waals surface area contributed by atoms with Crippen LogP contribution in [0.15, 0.2) is 66.7 Å². The summed E-state index contributed by atoms with van der Waals surface area (Å²) in [5.74, 6) is 0.0631. The summed E-state index contributed by atoms with van der Waals surface area (Å²) in [6.07, 6.45) is 3.05. The van der Waals surface area contributed by atoms with Crippen LogP contribution in [0.2, 0.25) is 0 Å². The first-order valence-electron chi connectivity index (χ1n) is 14.3. The highest BCUT2D eigenvalue weighted by Gasteiger charge is 2.33. The molecular formula is C33H38N4O3. The van der Waals surface area contributed by atoms with Crippen LogP contribution < -0.4 is 10.2 Å². The minimum atomic E-state index is -0.206. The van der Waals surface area contributed by atoms with E-state index in [0.717, 1.165) is 47.3 Å². The molecule has 7 heteroatoms. The molecule has 1 saturated heterocycles. The second-order valence-electron chi connectivity index (χ2n) is 10.6. The van der Waals surface area contributed by atoms with Crippen molar-refractivity contribution in [2.45, 2.75) is 52.1 Å². The van der Waals surface area contributed by atoms with E-state index >= 15 is 0 Å². The van der Waals surface area contributed by atoms with Crippen molar-refractivity contribution in [2.75, 3.05) is 36.9 Å². The number of rotatable bonds is 8. The first kappa shape index (κ1) is 27.6. The highest BCUT2D eigenvalue weighted by molar-refractivity contribution is 6.05. The Hall–Kier alpha value is -3.97. The van der Waals surface area contributed by atoms with Gasteiger partial charge in [0, 0.05) is 50.0 Å². The van der Waals surface area contributed by atoms with E-state index in [1.54, 1.807) is 11.9 Å². The highest BCUT2D eigenvalue weighted by Crippen LogP contribution is 2.31. The molecule has 2 aliphatic heterocycles. The first-order chi connectivity index (χ1) is 19.4. The fourth-order valence-electron chi connectivity index (χ4n) is 5.94.